The molecule has 1 rings (SSSR count). The van der Waals surface area contributed by atoms with Gasteiger partial charge in [0.15, 0.2) is 0 Å². The number of nitrogens with two attached hydrogens (primary N) is 1. The summed E-state index contributed by atoms with van der Waals surface area (Å²) >= 11 is 0. The van der Waals surface area contributed by atoms with E-state index >= 15 is 0 Å². The monoisotopic (exact) mass is 272 g/mol. The number of amides is 1. The second-order valence-corrected chi connectivity index (χ2v) is 3.52. The molecule has 0 aliphatic rings. The van der Waals surface area contributed by atoms with E-state index in [9.17, 15) is 9.59 Å². The molecule has 0 fully saturated rings. The van der Waals surface area contributed by atoms with E-state index < -0.39 is 5.97 Å². The first-order chi connectivity index (χ1) is 8.08. The minimum absolute atomic E-state index is 0. The molecule has 0 aromatic heterocycles. The van der Waals surface area contributed by atoms with Crippen molar-refractivity contribution in [2.24, 2.45) is 0 Å². The van der Waals surface area contributed by atoms with Crippen LogP contribution in [-0.2, 0) is 9.53 Å². The first-order valence-corrected chi connectivity index (χ1v) is 5.30. The van der Waals surface area contributed by atoms with Crippen molar-refractivity contribution < 1.29 is 14.3 Å². The number of hydrogen-bond acceptors (Lipinski definition) is 4. The Bertz CT molecular complexity index is 424. The van der Waals surface area contributed by atoms with E-state index in [1.165, 1.54) is 12.0 Å². The van der Waals surface area contributed by atoms with Crippen LogP contribution in [0.4, 0.5) is 5.69 Å². The molecule has 0 saturated carbocycles. The van der Waals surface area contributed by atoms with Gasteiger partial charge in [-0.3, -0.25) is 9.59 Å². The van der Waals surface area contributed by atoms with Gasteiger partial charge in [-0.15, -0.1) is 12.4 Å². The Morgan fingerprint density at radius 2 is 2.06 bits per heavy atom. The Hall–Kier alpha value is -1.75. The Labute approximate surface area is 112 Å². The number of carbonyl (C=O) groups excluding carboxylic acids is 2. The lowest BCUT2D eigenvalue weighted by Crippen LogP contribution is -2.36. The van der Waals surface area contributed by atoms with Crippen molar-refractivity contribution in [1.82, 2.24) is 4.90 Å². The normalized spacial score (nSPS) is 9.22. The summed E-state index contributed by atoms with van der Waals surface area (Å²) in [5, 5.41) is 0. The molecule has 1 aromatic carbocycles. The van der Waals surface area contributed by atoms with Crippen LogP contribution >= 0.6 is 12.4 Å². The number of halogens is 1. The zero-order valence-electron chi connectivity index (χ0n) is 10.4. The summed E-state index contributed by atoms with van der Waals surface area (Å²) in [5.41, 5.74) is 6.59. The van der Waals surface area contributed by atoms with Crippen LogP contribution in [0, 0.1) is 0 Å². The minimum Gasteiger partial charge on any atom is -0.468 e. The molecule has 0 saturated heterocycles. The van der Waals surface area contributed by atoms with Gasteiger partial charge in [0.25, 0.3) is 5.91 Å². The average Bonchev–Trinajstić information content (AvgIpc) is 2.34. The number of rotatable bonds is 4. The second-order valence-electron chi connectivity index (χ2n) is 3.52. The summed E-state index contributed by atoms with van der Waals surface area (Å²) in [6.45, 7) is 2.18. The predicted molar refractivity (Wildman–Crippen MR) is 71.7 cm³/mol. The maximum Gasteiger partial charge on any atom is 0.325 e. The maximum atomic E-state index is 12.0. The van der Waals surface area contributed by atoms with Gasteiger partial charge in [0.2, 0.25) is 0 Å². The van der Waals surface area contributed by atoms with E-state index in [1.54, 1.807) is 31.2 Å². The van der Waals surface area contributed by atoms with Crippen LogP contribution in [0.5, 0.6) is 0 Å². The van der Waals surface area contributed by atoms with E-state index in [4.69, 9.17) is 5.73 Å². The Morgan fingerprint density at radius 3 is 2.56 bits per heavy atom. The average molecular weight is 273 g/mol. The third kappa shape index (κ3) is 4.25. The van der Waals surface area contributed by atoms with Crippen LogP contribution in [0.15, 0.2) is 24.3 Å². The van der Waals surface area contributed by atoms with Crippen LogP contribution in [0.2, 0.25) is 0 Å². The second kappa shape index (κ2) is 7.55. The van der Waals surface area contributed by atoms with Crippen LogP contribution in [0.1, 0.15) is 17.3 Å². The number of likely N-dealkylation sites (N-methyl/N-ethyl adjacent to an activating group) is 1. The molecule has 0 aliphatic carbocycles. The zero-order valence-corrected chi connectivity index (χ0v) is 11.2. The molecule has 1 aromatic rings. The quantitative estimate of drug-likeness (QED) is 0.663. The molecule has 0 spiro atoms. The topological polar surface area (TPSA) is 72.6 Å². The van der Waals surface area contributed by atoms with Crippen molar-refractivity contribution in [2.45, 2.75) is 6.92 Å². The molecular formula is C12H17ClN2O3. The Morgan fingerprint density at radius 1 is 1.39 bits per heavy atom. The lowest BCUT2D eigenvalue weighted by Gasteiger charge is -2.19. The highest BCUT2D eigenvalue weighted by Crippen LogP contribution is 2.09. The Kier molecular flexibility index (Phi) is 6.82. The van der Waals surface area contributed by atoms with E-state index in [0.29, 0.717) is 17.8 Å². The predicted octanol–water partition coefficient (Wildman–Crippen LogP) is 1.33. The molecule has 100 valence electrons. The smallest absolute Gasteiger partial charge is 0.325 e. The van der Waals surface area contributed by atoms with Crippen LogP contribution in [0.25, 0.3) is 0 Å². The summed E-state index contributed by atoms with van der Waals surface area (Å²) in [4.78, 5) is 24.6. The fourth-order valence-corrected chi connectivity index (χ4v) is 1.40. The lowest BCUT2D eigenvalue weighted by molar-refractivity contribution is -0.141. The molecule has 0 aliphatic heterocycles. The van der Waals surface area contributed by atoms with Crippen molar-refractivity contribution in [2.75, 3.05) is 25.9 Å². The first kappa shape index (κ1) is 16.2. The standard InChI is InChI=1S/C12H16N2O3.ClH/c1-3-14(8-11(15)17-2)12(16)9-5-4-6-10(13)7-9;/h4-7H,3,8,13H2,1-2H3;1H. The summed E-state index contributed by atoms with van der Waals surface area (Å²) in [6, 6.07) is 6.66. The van der Waals surface area contributed by atoms with Crippen LogP contribution in [-0.4, -0.2) is 37.0 Å². The number of nitrogen functional groups attached to an aromatic ring is 1. The van der Waals surface area contributed by atoms with E-state index in [0.717, 1.165) is 0 Å². The van der Waals surface area contributed by atoms with Crippen molar-refractivity contribution in [3.63, 3.8) is 0 Å². The Balaban J connectivity index is 0.00000289. The third-order valence-corrected chi connectivity index (χ3v) is 2.35. The highest BCUT2D eigenvalue weighted by molar-refractivity contribution is 5.96. The van der Waals surface area contributed by atoms with Gasteiger partial charge in [-0.05, 0) is 25.1 Å². The third-order valence-electron chi connectivity index (χ3n) is 2.35. The molecule has 0 heterocycles. The van der Waals surface area contributed by atoms with Crippen molar-refractivity contribution >= 4 is 30.0 Å². The van der Waals surface area contributed by atoms with Crippen LogP contribution in [0.3, 0.4) is 0 Å². The maximum absolute atomic E-state index is 12.0. The van der Waals surface area contributed by atoms with Crippen molar-refractivity contribution in [3.05, 3.63) is 29.8 Å². The fraction of sp³-hybridized carbons (Fsp3) is 0.333. The molecule has 0 bridgehead atoms. The number of methoxy groups -OCH3 is 1. The minimum atomic E-state index is -0.441. The van der Waals surface area contributed by atoms with E-state index in [1.807, 2.05) is 0 Å². The van der Waals surface area contributed by atoms with Gasteiger partial charge in [0.1, 0.15) is 6.54 Å². The molecule has 2 N–H and O–H groups in total. The van der Waals surface area contributed by atoms with Gasteiger partial charge < -0.3 is 15.4 Å². The molecule has 0 unspecified atom stereocenters. The summed E-state index contributed by atoms with van der Waals surface area (Å²) in [5.74, 6) is -0.672. The number of carbonyl (C=O) groups is 2. The summed E-state index contributed by atoms with van der Waals surface area (Å²) < 4.78 is 4.53. The lowest BCUT2D eigenvalue weighted by atomic mass is 10.2. The molecule has 18 heavy (non-hydrogen) atoms. The van der Waals surface area contributed by atoms with Gasteiger partial charge >= 0.3 is 5.97 Å². The number of hydrogen-bond donors (Lipinski definition) is 1. The molecule has 5 nitrogen and oxygen atoms in total. The number of anilines is 1. The van der Waals surface area contributed by atoms with Gasteiger partial charge in [0, 0.05) is 17.8 Å². The molecule has 6 heteroatoms. The largest absolute Gasteiger partial charge is 0.468 e. The zero-order chi connectivity index (χ0) is 12.8. The number of esters is 1. The first-order valence-electron chi connectivity index (χ1n) is 5.30. The SMILES string of the molecule is CCN(CC(=O)OC)C(=O)c1cccc(N)c1.Cl. The van der Waals surface area contributed by atoms with E-state index in [-0.39, 0.29) is 24.9 Å². The molecule has 0 radical (unpaired) electrons. The highest BCUT2D eigenvalue weighted by atomic mass is 35.5. The van der Waals surface area contributed by atoms with Crippen LogP contribution < -0.4 is 5.73 Å². The van der Waals surface area contributed by atoms with Gasteiger partial charge in [-0.25, -0.2) is 0 Å². The number of nitrogens with zero attached hydrogens (tertiary/aromatic N) is 1. The summed E-state index contributed by atoms with van der Waals surface area (Å²) in [6.07, 6.45) is 0. The van der Waals surface area contributed by atoms with Gasteiger partial charge in [-0.1, -0.05) is 6.07 Å². The number of ether oxygens (including phenoxy) is 1. The van der Waals surface area contributed by atoms with Gasteiger partial charge in [0.05, 0.1) is 7.11 Å². The molecular weight excluding hydrogens is 256 g/mol. The number of benzene rings is 1. The summed E-state index contributed by atoms with van der Waals surface area (Å²) in [7, 11) is 1.29. The van der Waals surface area contributed by atoms with E-state index in [2.05, 4.69) is 4.74 Å². The van der Waals surface area contributed by atoms with Crippen molar-refractivity contribution in [3.8, 4) is 0 Å². The molecule has 0 atom stereocenters. The molecule has 1 amide bonds. The van der Waals surface area contributed by atoms with Crippen molar-refractivity contribution in [1.29, 1.82) is 0 Å². The fourth-order valence-electron chi connectivity index (χ4n) is 1.40. The highest BCUT2D eigenvalue weighted by Gasteiger charge is 2.17. The van der Waals surface area contributed by atoms with Gasteiger partial charge in [-0.2, -0.15) is 0 Å².